The number of aliphatic hydroxyl groups is 1. The predicted octanol–water partition coefficient (Wildman–Crippen LogP) is -2.08. The maximum atomic E-state index is 10.3. The van der Waals surface area contributed by atoms with Crippen LogP contribution >= 0.6 is 0 Å². The van der Waals surface area contributed by atoms with Crippen molar-refractivity contribution in [3.8, 4) is 0 Å². The fourth-order valence-electron chi connectivity index (χ4n) is 0.714. The van der Waals surface area contributed by atoms with Gasteiger partial charge in [0.25, 0.3) is 0 Å². The predicted molar refractivity (Wildman–Crippen MR) is 40.7 cm³/mol. The minimum atomic E-state index is -2.74. The minimum absolute atomic E-state index is 0. The third-order valence-corrected chi connectivity index (χ3v) is 1.29. The van der Waals surface area contributed by atoms with Gasteiger partial charge in [0.2, 0.25) is 0 Å². The third kappa shape index (κ3) is 6.87. The van der Waals surface area contributed by atoms with Gasteiger partial charge in [0.15, 0.2) is 5.60 Å². The first-order valence-electron chi connectivity index (χ1n) is 3.17. The molecule has 0 bridgehead atoms. The van der Waals surface area contributed by atoms with Gasteiger partial charge >= 0.3 is 17.9 Å². The van der Waals surface area contributed by atoms with Crippen LogP contribution in [0.2, 0.25) is 0 Å². The molecule has 88 valence electrons. The molecule has 0 atom stereocenters. The Kier molecular flexibility index (Phi) is 9.32. The van der Waals surface area contributed by atoms with Crippen molar-refractivity contribution in [3.05, 3.63) is 0 Å². The number of carbonyl (C=O) groups is 3. The van der Waals surface area contributed by atoms with Gasteiger partial charge < -0.3 is 25.9 Å². The Morgan fingerprint density at radius 3 is 1.33 bits per heavy atom. The van der Waals surface area contributed by atoms with Crippen molar-refractivity contribution in [1.29, 1.82) is 0 Å². The second-order valence-corrected chi connectivity index (χ2v) is 2.48. The quantitative estimate of drug-likeness (QED) is 0.441. The van der Waals surface area contributed by atoms with E-state index in [1.807, 2.05) is 0 Å². The van der Waals surface area contributed by atoms with Gasteiger partial charge in [0, 0.05) is 17.4 Å². The van der Waals surface area contributed by atoms with Crippen LogP contribution in [0.4, 0.5) is 0 Å². The van der Waals surface area contributed by atoms with Crippen LogP contribution in [0.15, 0.2) is 0 Å². The molecular formula is C6H10CrO8. The summed E-state index contributed by atoms with van der Waals surface area (Å²) in [5, 5.41) is 33.8. The molecule has 0 rings (SSSR count). The van der Waals surface area contributed by atoms with Crippen LogP contribution in [-0.2, 0) is 31.7 Å². The standard InChI is InChI=1S/C6H8O7.Cr.H2O/c7-3(8)1-6(13,5(11)12)2-4(9)10;;/h13H,1-2H2,(H,7,8)(H,9,10)(H,11,12);;1H2. The van der Waals surface area contributed by atoms with Gasteiger partial charge in [0.05, 0.1) is 12.8 Å². The Morgan fingerprint density at radius 2 is 1.20 bits per heavy atom. The SMILES string of the molecule is O.O=C(O)CC(O)(CC(=O)O)C(=O)O.[Cr]. The van der Waals surface area contributed by atoms with Gasteiger partial charge in [-0.15, -0.1) is 0 Å². The van der Waals surface area contributed by atoms with Crippen molar-refractivity contribution >= 4 is 17.9 Å². The van der Waals surface area contributed by atoms with Gasteiger partial charge in [-0.25, -0.2) is 4.79 Å². The summed E-state index contributed by atoms with van der Waals surface area (Å²) in [6, 6.07) is 0. The van der Waals surface area contributed by atoms with Gasteiger partial charge in [-0.2, -0.15) is 0 Å². The summed E-state index contributed by atoms with van der Waals surface area (Å²) in [6.45, 7) is 0. The maximum absolute atomic E-state index is 10.3. The number of hydrogen-bond donors (Lipinski definition) is 4. The molecule has 0 aliphatic heterocycles. The van der Waals surface area contributed by atoms with Crippen LogP contribution in [0.25, 0.3) is 0 Å². The van der Waals surface area contributed by atoms with Crippen LogP contribution in [0.1, 0.15) is 12.8 Å². The zero-order valence-corrected chi connectivity index (χ0v) is 8.61. The average Bonchev–Trinajstić information content (AvgIpc) is 1.82. The number of rotatable bonds is 5. The molecule has 0 aromatic heterocycles. The van der Waals surface area contributed by atoms with E-state index in [1.165, 1.54) is 0 Å². The first-order valence-corrected chi connectivity index (χ1v) is 3.17. The summed E-state index contributed by atoms with van der Waals surface area (Å²) in [4.78, 5) is 30.5. The Morgan fingerprint density at radius 1 is 0.933 bits per heavy atom. The van der Waals surface area contributed by atoms with Gasteiger partial charge in [-0.1, -0.05) is 0 Å². The Bertz CT molecular complexity index is 234. The number of aliphatic carboxylic acids is 3. The number of hydrogen-bond acceptors (Lipinski definition) is 4. The van der Waals surface area contributed by atoms with Crippen LogP contribution in [-0.4, -0.2) is 49.4 Å². The molecule has 0 aromatic carbocycles. The molecule has 0 unspecified atom stereocenters. The minimum Gasteiger partial charge on any atom is -0.481 e. The van der Waals surface area contributed by atoms with E-state index in [0.29, 0.717) is 0 Å². The van der Waals surface area contributed by atoms with E-state index < -0.39 is 36.4 Å². The molecule has 0 heterocycles. The monoisotopic (exact) mass is 262 g/mol. The molecule has 0 aliphatic rings. The van der Waals surface area contributed by atoms with Crippen molar-refractivity contribution in [2.45, 2.75) is 18.4 Å². The molecule has 9 heteroatoms. The molecule has 0 aliphatic carbocycles. The van der Waals surface area contributed by atoms with E-state index in [9.17, 15) is 14.4 Å². The largest absolute Gasteiger partial charge is 0.481 e. The first kappa shape index (κ1) is 19.4. The summed E-state index contributed by atoms with van der Waals surface area (Å²) in [5.74, 6) is -5.02. The molecule has 0 radical (unpaired) electrons. The van der Waals surface area contributed by atoms with E-state index in [2.05, 4.69) is 0 Å². The Hall–Kier alpha value is -1.14. The number of carboxylic acid groups (broad SMARTS) is 3. The first-order chi connectivity index (χ1) is 5.78. The van der Waals surface area contributed by atoms with Crippen molar-refractivity contribution in [2.75, 3.05) is 0 Å². The zero-order valence-electron chi connectivity index (χ0n) is 7.34. The van der Waals surface area contributed by atoms with E-state index in [1.54, 1.807) is 0 Å². The molecule has 0 amide bonds. The Balaban J connectivity index is -0.000000720. The van der Waals surface area contributed by atoms with E-state index in [0.717, 1.165) is 0 Å². The summed E-state index contributed by atoms with van der Waals surface area (Å²) in [7, 11) is 0. The number of carboxylic acids is 3. The van der Waals surface area contributed by atoms with E-state index in [4.69, 9.17) is 20.4 Å². The Labute approximate surface area is 94.6 Å². The van der Waals surface area contributed by atoms with E-state index >= 15 is 0 Å². The van der Waals surface area contributed by atoms with Crippen molar-refractivity contribution < 1.29 is 57.6 Å². The molecule has 0 aromatic rings. The van der Waals surface area contributed by atoms with Crippen LogP contribution < -0.4 is 0 Å². The van der Waals surface area contributed by atoms with Gasteiger partial charge in [0.1, 0.15) is 0 Å². The summed E-state index contributed by atoms with van der Waals surface area (Å²) < 4.78 is 0. The molecule has 6 N–H and O–H groups in total. The summed E-state index contributed by atoms with van der Waals surface area (Å²) in [5.41, 5.74) is -2.74. The molecule has 8 nitrogen and oxygen atoms in total. The molecule has 0 saturated heterocycles. The summed E-state index contributed by atoms with van der Waals surface area (Å²) >= 11 is 0. The fourth-order valence-corrected chi connectivity index (χ4v) is 0.714. The maximum Gasteiger partial charge on any atom is 0.336 e. The second-order valence-electron chi connectivity index (χ2n) is 2.48. The third-order valence-electron chi connectivity index (χ3n) is 1.29. The topological polar surface area (TPSA) is 164 Å². The average molecular weight is 262 g/mol. The molecule has 0 spiro atoms. The molecule has 15 heavy (non-hydrogen) atoms. The molecular weight excluding hydrogens is 252 g/mol. The van der Waals surface area contributed by atoms with Crippen molar-refractivity contribution in [1.82, 2.24) is 0 Å². The normalized spacial score (nSPS) is 9.40. The second kappa shape index (κ2) is 7.19. The van der Waals surface area contributed by atoms with Crippen LogP contribution in [0.3, 0.4) is 0 Å². The zero-order chi connectivity index (χ0) is 10.6. The van der Waals surface area contributed by atoms with Crippen molar-refractivity contribution in [2.24, 2.45) is 0 Å². The van der Waals surface area contributed by atoms with Gasteiger partial charge in [-0.05, 0) is 0 Å². The van der Waals surface area contributed by atoms with Crippen molar-refractivity contribution in [3.63, 3.8) is 0 Å². The van der Waals surface area contributed by atoms with E-state index in [-0.39, 0.29) is 22.8 Å². The van der Waals surface area contributed by atoms with Crippen LogP contribution in [0, 0.1) is 0 Å². The smallest absolute Gasteiger partial charge is 0.336 e. The molecule has 0 saturated carbocycles. The fraction of sp³-hybridized carbons (Fsp3) is 0.500. The summed E-state index contributed by atoms with van der Waals surface area (Å²) in [6.07, 6.45) is -2.29. The van der Waals surface area contributed by atoms with Crippen LogP contribution in [0.5, 0.6) is 0 Å². The van der Waals surface area contributed by atoms with Gasteiger partial charge in [-0.3, -0.25) is 9.59 Å². The molecule has 0 fully saturated rings.